The number of rotatable bonds is 16. The molecule has 5 aromatic rings. The van der Waals surface area contributed by atoms with E-state index in [0.29, 0.717) is 93.3 Å². The lowest BCUT2D eigenvalue weighted by molar-refractivity contribution is 0.0512. The number of aromatic hydroxyl groups is 1. The van der Waals surface area contributed by atoms with Crippen molar-refractivity contribution in [3.8, 4) is 16.9 Å². The molecule has 6 rings (SSSR count). The van der Waals surface area contributed by atoms with E-state index in [1.807, 2.05) is 66.7 Å². The van der Waals surface area contributed by atoms with Crippen LogP contribution in [0.4, 0.5) is 11.4 Å². The predicted molar refractivity (Wildman–Crippen MR) is 226 cm³/mol. The third kappa shape index (κ3) is 13.0. The van der Waals surface area contributed by atoms with E-state index in [0.717, 1.165) is 28.8 Å². The summed E-state index contributed by atoms with van der Waals surface area (Å²) in [6.07, 6.45) is 2.03. The van der Waals surface area contributed by atoms with E-state index in [-0.39, 0.29) is 17.6 Å². The van der Waals surface area contributed by atoms with Gasteiger partial charge in [-0.1, -0.05) is 72.8 Å². The molecule has 0 bridgehead atoms. The van der Waals surface area contributed by atoms with Gasteiger partial charge in [0.2, 0.25) is 5.96 Å². The summed E-state index contributed by atoms with van der Waals surface area (Å²) in [7, 11) is 0. The van der Waals surface area contributed by atoms with Crippen LogP contribution in [0.25, 0.3) is 11.1 Å². The molecule has 0 aromatic heterocycles. The largest absolute Gasteiger partial charge is 0.508 e. The quantitative estimate of drug-likeness (QED) is 0.0521. The molecular formula is C45H47N7O5. The number of hydrogen-bond acceptors (Lipinski definition) is 9. The van der Waals surface area contributed by atoms with Crippen LogP contribution in [0.3, 0.4) is 0 Å². The Morgan fingerprint density at radius 1 is 0.632 bits per heavy atom. The van der Waals surface area contributed by atoms with Gasteiger partial charge in [0.1, 0.15) is 17.4 Å². The summed E-state index contributed by atoms with van der Waals surface area (Å²) in [4.78, 5) is 39.5. The Bertz CT molecular complexity index is 2140. The minimum absolute atomic E-state index is 0.128. The number of carbonyl (C=O) groups excluding carboxylic acids is 2. The molecule has 5 N–H and O–H groups in total. The van der Waals surface area contributed by atoms with Crippen molar-refractivity contribution in [2.75, 3.05) is 50.2 Å². The van der Waals surface area contributed by atoms with Crippen molar-refractivity contribution in [3.05, 3.63) is 150 Å². The third-order valence-electron chi connectivity index (χ3n) is 8.86. The van der Waals surface area contributed by atoms with Crippen LogP contribution in [0, 0.1) is 0 Å². The van der Waals surface area contributed by atoms with E-state index in [9.17, 15) is 14.7 Å². The van der Waals surface area contributed by atoms with Gasteiger partial charge in [-0.05, 0) is 83.8 Å². The van der Waals surface area contributed by atoms with Crippen LogP contribution in [-0.4, -0.2) is 74.1 Å². The van der Waals surface area contributed by atoms with Crippen molar-refractivity contribution in [2.45, 2.75) is 25.8 Å². The maximum absolute atomic E-state index is 13.1. The molecule has 5 aromatic carbocycles. The molecule has 0 saturated heterocycles. The van der Waals surface area contributed by atoms with Crippen LogP contribution >= 0.6 is 0 Å². The average Bonchev–Trinajstić information content (AvgIpc) is 3.24. The number of hydrogen-bond donors (Lipinski definition) is 5. The fourth-order valence-electron chi connectivity index (χ4n) is 5.95. The number of amides is 2. The van der Waals surface area contributed by atoms with Gasteiger partial charge < -0.3 is 35.8 Å². The summed E-state index contributed by atoms with van der Waals surface area (Å²) in [5.74, 6) is 1.57. The Labute approximate surface area is 332 Å². The average molecular weight is 766 g/mol. The van der Waals surface area contributed by atoms with Crippen molar-refractivity contribution in [1.29, 1.82) is 0 Å². The number of aliphatic imine (C=N–C) groups is 3. The molecule has 1 aliphatic heterocycles. The Hall–Kier alpha value is -6.63. The van der Waals surface area contributed by atoms with Gasteiger partial charge in [-0.15, -0.1) is 0 Å². The van der Waals surface area contributed by atoms with E-state index in [4.69, 9.17) is 19.5 Å². The van der Waals surface area contributed by atoms with Gasteiger partial charge in [0.05, 0.1) is 33.0 Å². The number of amidine groups is 2. The molecule has 0 saturated carbocycles. The second-order valence-electron chi connectivity index (χ2n) is 13.1. The molecule has 2 amide bonds. The van der Waals surface area contributed by atoms with Gasteiger partial charge in [0.15, 0.2) is 0 Å². The molecule has 0 unspecified atom stereocenters. The monoisotopic (exact) mass is 765 g/mol. The summed E-state index contributed by atoms with van der Waals surface area (Å²) in [5, 5.41) is 22.3. The van der Waals surface area contributed by atoms with Gasteiger partial charge in [-0.2, -0.15) is 9.98 Å². The first-order chi connectivity index (χ1) is 28.0. The molecule has 0 fully saturated rings. The van der Waals surface area contributed by atoms with Crippen molar-refractivity contribution in [1.82, 2.24) is 10.6 Å². The number of anilines is 2. The molecule has 1 aliphatic rings. The van der Waals surface area contributed by atoms with Gasteiger partial charge in [0, 0.05) is 48.4 Å². The molecular weight excluding hydrogens is 719 g/mol. The van der Waals surface area contributed by atoms with E-state index in [1.165, 1.54) is 0 Å². The molecule has 12 nitrogen and oxygen atoms in total. The van der Waals surface area contributed by atoms with Gasteiger partial charge >= 0.3 is 0 Å². The summed E-state index contributed by atoms with van der Waals surface area (Å²) < 4.78 is 11.3. The zero-order valence-corrected chi connectivity index (χ0v) is 31.7. The lowest BCUT2D eigenvalue weighted by Gasteiger charge is -2.16. The minimum atomic E-state index is -0.160. The predicted octanol–water partition coefficient (Wildman–Crippen LogP) is 7.31. The fourth-order valence-corrected chi connectivity index (χ4v) is 5.95. The Balaban J connectivity index is 0.999. The van der Waals surface area contributed by atoms with Gasteiger partial charge in [-0.25, -0.2) is 0 Å². The second-order valence-corrected chi connectivity index (χ2v) is 13.1. The third-order valence-corrected chi connectivity index (χ3v) is 8.86. The fraction of sp³-hybridized carbons (Fsp3) is 0.222. The van der Waals surface area contributed by atoms with Crippen LogP contribution in [0.2, 0.25) is 0 Å². The Kier molecular flexibility index (Phi) is 15.1. The summed E-state index contributed by atoms with van der Waals surface area (Å²) in [5.41, 5.74) is 5.90. The van der Waals surface area contributed by atoms with Crippen LogP contribution in [-0.2, 0) is 16.0 Å². The zero-order valence-electron chi connectivity index (χ0n) is 31.7. The molecule has 0 aliphatic carbocycles. The number of guanidine groups is 1. The minimum Gasteiger partial charge on any atom is -0.508 e. The van der Waals surface area contributed by atoms with Crippen LogP contribution < -0.4 is 21.3 Å². The van der Waals surface area contributed by atoms with Crippen molar-refractivity contribution < 1.29 is 24.2 Å². The maximum atomic E-state index is 13.1. The number of nitrogens with zero attached hydrogens (tertiary/aromatic N) is 3. The number of phenols is 1. The molecule has 0 radical (unpaired) electrons. The summed E-state index contributed by atoms with van der Waals surface area (Å²) in [6.45, 7) is 2.84. The first-order valence-electron chi connectivity index (χ1n) is 19.0. The number of carbonyl (C=O) groups is 2. The highest BCUT2D eigenvalue weighted by Gasteiger charge is 2.13. The van der Waals surface area contributed by atoms with E-state index in [1.54, 1.807) is 48.5 Å². The number of benzene rings is 5. The maximum Gasteiger partial charge on any atom is 0.251 e. The number of nitrogens with one attached hydrogen (secondary N) is 4. The number of phenolic OH excluding ortho intramolecular Hbond substituents is 1. The van der Waals surface area contributed by atoms with Crippen LogP contribution in [0.15, 0.2) is 148 Å². The van der Waals surface area contributed by atoms with E-state index < -0.39 is 0 Å². The molecule has 12 heteroatoms. The first-order valence-corrected chi connectivity index (χ1v) is 19.0. The van der Waals surface area contributed by atoms with Crippen LogP contribution in [0.1, 0.15) is 45.5 Å². The highest BCUT2D eigenvalue weighted by molar-refractivity contribution is 6.11. The normalized spacial score (nSPS) is 13.4. The van der Waals surface area contributed by atoms with Crippen molar-refractivity contribution in [3.63, 3.8) is 0 Å². The SMILES string of the molecule is O=C(NCCOCCOCCN=C1CCCC(Nc2ccc(C(=O)NCc3ccccc3-c3ccccc3)cc2)=NC(Nc2ccc(O)cc2)=N1)c1ccccc1. The Morgan fingerprint density at radius 2 is 1.26 bits per heavy atom. The summed E-state index contributed by atoms with van der Waals surface area (Å²) >= 11 is 0. The standard InChI is InChI=1S/C45H47N7O5/c53-39-24-22-38(23-25-39)50-45-51-41(46-26-28-56-30-31-57-29-27-47-43(54)34-12-5-2-6-13-34)16-9-17-42(52-45)49-37-20-18-35(19-21-37)44(55)48-32-36-14-7-8-15-40(36)33-10-3-1-4-11-33/h1-8,10-15,18-25,53H,9,16-17,26-32H2,(H,47,54)(H,48,55)(H2,46,49,50,51,52). The number of ether oxygens (including phenoxy) is 2. The summed E-state index contributed by atoms with van der Waals surface area (Å²) in [6, 6.07) is 41.2. The van der Waals surface area contributed by atoms with E-state index >= 15 is 0 Å². The Morgan fingerprint density at radius 3 is 2.04 bits per heavy atom. The van der Waals surface area contributed by atoms with Gasteiger partial charge in [0.25, 0.3) is 11.8 Å². The zero-order chi connectivity index (χ0) is 39.5. The van der Waals surface area contributed by atoms with Crippen LogP contribution in [0.5, 0.6) is 5.75 Å². The van der Waals surface area contributed by atoms with Crippen molar-refractivity contribution in [2.24, 2.45) is 15.0 Å². The highest BCUT2D eigenvalue weighted by atomic mass is 16.5. The molecule has 0 spiro atoms. The highest BCUT2D eigenvalue weighted by Crippen LogP contribution is 2.23. The molecule has 0 atom stereocenters. The smallest absolute Gasteiger partial charge is 0.251 e. The van der Waals surface area contributed by atoms with Crippen molar-refractivity contribution >= 4 is 40.8 Å². The second kappa shape index (κ2) is 21.5. The lowest BCUT2D eigenvalue weighted by atomic mass is 10.00. The lowest BCUT2D eigenvalue weighted by Crippen LogP contribution is -2.27. The molecule has 1 heterocycles. The topological polar surface area (TPSA) is 158 Å². The molecule has 57 heavy (non-hydrogen) atoms. The molecule has 292 valence electrons. The first kappa shape index (κ1) is 40.0. The van der Waals surface area contributed by atoms with Gasteiger partial charge in [-0.3, -0.25) is 14.6 Å². The van der Waals surface area contributed by atoms with E-state index in [2.05, 4.69) is 44.5 Å².